The van der Waals surface area contributed by atoms with Crippen LogP contribution in [0.15, 0.2) is 18.2 Å². The minimum Gasteiger partial charge on any atom is -0.468 e. The van der Waals surface area contributed by atoms with E-state index in [1.54, 1.807) is 12.7 Å². The van der Waals surface area contributed by atoms with Gasteiger partial charge < -0.3 is 28.4 Å². The Hall–Kier alpha value is -1.18. The maximum Gasteiger partial charge on any atom is 0.188 e. The van der Waals surface area contributed by atoms with E-state index in [9.17, 15) is 0 Å². The molecule has 0 N–H and O–H groups in total. The Morgan fingerprint density at radius 3 is 2.39 bits per heavy atom. The lowest BCUT2D eigenvalue weighted by Gasteiger charge is -2.53. The molecule has 3 aliphatic carbocycles. The molecule has 0 spiro atoms. The molecule has 3 aliphatic rings. The van der Waals surface area contributed by atoms with Crippen molar-refractivity contribution in [2.75, 3.05) is 60.7 Å². The van der Waals surface area contributed by atoms with Gasteiger partial charge in [0, 0.05) is 27.4 Å². The van der Waals surface area contributed by atoms with Crippen LogP contribution in [0.3, 0.4) is 0 Å². The highest BCUT2D eigenvalue weighted by molar-refractivity contribution is 5.41. The smallest absolute Gasteiger partial charge is 0.188 e. The molecule has 0 aromatic heterocycles. The summed E-state index contributed by atoms with van der Waals surface area (Å²) in [7, 11) is 3.60. The molecular weight excluding hydrogens is 480 g/mol. The standard InChI is InChI=1S/C32H52O6/c1-5-15-35-17-19-37-20-18-36-16-7-6-8-24-21-25-22-26(38-23-33-3)9-10-27(25)28-13-14-32(2)29(31(24)28)11-12-30(32)34-4/h9-10,22,24,28-31H,5-8,11-21,23H2,1-4H3/t24-,28-,29+,30+,31-,32+/m1/s1. The van der Waals surface area contributed by atoms with E-state index in [1.807, 2.05) is 7.11 Å². The van der Waals surface area contributed by atoms with Crippen LogP contribution in [0.2, 0.25) is 0 Å². The van der Waals surface area contributed by atoms with Gasteiger partial charge in [-0.15, -0.1) is 0 Å². The van der Waals surface area contributed by atoms with Gasteiger partial charge in [-0.2, -0.15) is 0 Å². The Kier molecular flexibility index (Phi) is 11.8. The molecule has 0 aliphatic heterocycles. The first-order valence-electron chi connectivity index (χ1n) is 15.1. The molecule has 2 fully saturated rings. The van der Waals surface area contributed by atoms with Gasteiger partial charge in [-0.25, -0.2) is 0 Å². The van der Waals surface area contributed by atoms with Crippen LogP contribution in [-0.2, 0) is 30.1 Å². The monoisotopic (exact) mass is 532 g/mol. The zero-order valence-electron chi connectivity index (χ0n) is 24.4. The van der Waals surface area contributed by atoms with Crippen molar-refractivity contribution < 1.29 is 28.4 Å². The minimum absolute atomic E-state index is 0.296. The summed E-state index contributed by atoms with van der Waals surface area (Å²) in [6, 6.07) is 6.79. The summed E-state index contributed by atoms with van der Waals surface area (Å²) in [6.07, 6.45) is 11.3. The number of methoxy groups -OCH3 is 2. The maximum atomic E-state index is 6.04. The second-order valence-corrected chi connectivity index (χ2v) is 11.8. The van der Waals surface area contributed by atoms with Crippen molar-refractivity contribution >= 4 is 0 Å². The van der Waals surface area contributed by atoms with E-state index in [0.717, 1.165) is 50.1 Å². The fourth-order valence-electron chi connectivity index (χ4n) is 7.90. The highest BCUT2D eigenvalue weighted by atomic mass is 16.7. The normalized spacial score (nSPS) is 30.1. The molecule has 0 radical (unpaired) electrons. The van der Waals surface area contributed by atoms with Gasteiger partial charge in [-0.05, 0) is 104 Å². The second kappa shape index (κ2) is 15.0. The number of hydrogen-bond donors (Lipinski definition) is 0. The number of unbranched alkanes of at least 4 members (excludes halogenated alkanes) is 1. The van der Waals surface area contributed by atoms with Crippen molar-refractivity contribution in [3.05, 3.63) is 29.3 Å². The van der Waals surface area contributed by atoms with Crippen molar-refractivity contribution in [3.8, 4) is 5.75 Å². The molecular formula is C32H52O6. The number of rotatable bonds is 17. The van der Waals surface area contributed by atoms with E-state index < -0.39 is 0 Å². The lowest BCUT2D eigenvalue weighted by atomic mass is 9.52. The van der Waals surface area contributed by atoms with Crippen molar-refractivity contribution in [1.82, 2.24) is 0 Å². The van der Waals surface area contributed by atoms with E-state index in [1.165, 1.54) is 44.1 Å². The lowest BCUT2D eigenvalue weighted by molar-refractivity contribution is -0.0573. The fourth-order valence-corrected chi connectivity index (χ4v) is 7.90. The Labute approximate surface area is 231 Å². The van der Waals surface area contributed by atoms with Crippen LogP contribution in [0.1, 0.15) is 82.3 Å². The molecule has 0 saturated heterocycles. The summed E-state index contributed by atoms with van der Waals surface area (Å²) in [4.78, 5) is 0. The van der Waals surface area contributed by atoms with Crippen molar-refractivity contribution in [1.29, 1.82) is 0 Å². The van der Waals surface area contributed by atoms with Crippen LogP contribution >= 0.6 is 0 Å². The lowest BCUT2D eigenvalue weighted by Crippen LogP contribution is -2.47. The summed E-state index contributed by atoms with van der Waals surface area (Å²) < 4.78 is 33.9. The highest BCUT2D eigenvalue weighted by Gasteiger charge is 2.57. The van der Waals surface area contributed by atoms with Crippen LogP contribution < -0.4 is 4.74 Å². The molecule has 1 aromatic carbocycles. The summed E-state index contributed by atoms with van der Waals surface area (Å²) >= 11 is 0. The van der Waals surface area contributed by atoms with E-state index in [2.05, 4.69) is 32.0 Å². The van der Waals surface area contributed by atoms with Gasteiger partial charge in [0.15, 0.2) is 6.79 Å². The number of benzene rings is 1. The van der Waals surface area contributed by atoms with Crippen LogP contribution in [0.25, 0.3) is 0 Å². The van der Waals surface area contributed by atoms with E-state index in [0.29, 0.717) is 56.6 Å². The van der Waals surface area contributed by atoms with E-state index in [-0.39, 0.29) is 0 Å². The Bertz CT molecular complexity index is 830. The third-order valence-electron chi connectivity index (χ3n) is 9.62. The SMILES string of the molecule is CCCOCCOCCOCCCC[C@@H]1Cc2cc(OCOC)ccc2[C@H]2CC[C@]3(C)[C@@H](OC)CC[C@H]3[C@H]12. The quantitative estimate of drug-likeness (QED) is 0.171. The summed E-state index contributed by atoms with van der Waals surface area (Å²) in [5.74, 6) is 3.79. The van der Waals surface area contributed by atoms with Gasteiger partial charge >= 0.3 is 0 Å². The molecule has 6 nitrogen and oxygen atoms in total. The number of hydrogen-bond acceptors (Lipinski definition) is 6. The predicted molar refractivity (Wildman–Crippen MR) is 150 cm³/mol. The average molecular weight is 533 g/mol. The van der Waals surface area contributed by atoms with Crippen LogP contribution in [-0.4, -0.2) is 66.8 Å². The van der Waals surface area contributed by atoms with Crippen LogP contribution in [0, 0.1) is 23.2 Å². The van der Waals surface area contributed by atoms with Crippen LogP contribution in [0.5, 0.6) is 5.75 Å². The minimum atomic E-state index is 0.296. The number of ether oxygens (including phenoxy) is 6. The molecule has 38 heavy (non-hydrogen) atoms. The summed E-state index contributed by atoms with van der Waals surface area (Å²) in [6.45, 7) is 9.19. The summed E-state index contributed by atoms with van der Waals surface area (Å²) in [5.41, 5.74) is 3.38. The van der Waals surface area contributed by atoms with Gasteiger partial charge in [0.1, 0.15) is 5.75 Å². The van der Waals surface area contributed by atoms with Crippen molar-refractivity contribution in [3.63, 3.8) is 0 Å². The molecule has 4 rings (SSSR count). The molecule has 1 aromatic rings. The fraction of sp³-hybridized carbons (Fsp3) is 0.812. The predicted octanol–water partition coefficient (Wildman–Crippen LogP) is 6.40. The Morgan fingerprint density at radius 2 is 1.66 bits per heavy atom. The highest BCUT2D eigenvalue weighted by Crippen LogP contribution is 2.63. The molecule has 0 unspecified atom stereocenters. The first-order valence-corrected chi connectivity index (χ1v) is 15.1. The first kappa shape index (κ1) is 29.8. The Morgan fingerprint density at radius 1 is 0.895 bits per heavy atom. The zero-order valence-corrected chi connectivity index (χ0v) is 24.4. The van der Waals surface area contributed by atoms with Gasteiger partial charge in [-0.3, -0.25) is 0 Å². The average Bonchev–Trinajstić information content (AvgIpc) is 3.28. The number of fused-ring (bicyclic) bond motifs is 5. The second-order valence-electron chi connectivity index (χ2n) is 11.8. The summed E-state index contributed by atoms with van der Waals surface area (Å²) in [5, 5.41) is 0. The first-order chi connectivity index (χ1) is 18.6. The van der Waals surface area contributed by atoms with E-state index in [4.69, 9.17) is 28.4 Å². The topological polar surface area (TPSA) is 55.4 Å². The molecule has 216 valence electrons. The molecule has 2 saturated carbocycles. The zero-order chi connectivity index (χ0) is 26.8. The molecule has 6 atom stereocenters. The maximum absolute atomic E-state index is 6.04. The van der Waals surface area contributed by atoms with Gasteiger partial charge in [0.2, 0.25) is 0 Å². The Balaban J connectivity index is 1.32. The van der Waals surface area contributed by atoms with E-state index >= 15 is 0 Å². The van der Waals surface area contributed by atoms with Crippen LogP contribution in [0.4, 0.5) is 0 Å². The van der Waals surface area contributed by atoms with Gasteiger partial charge in [0.05, 0.1) is 32.5 Å². The molecule has 0 amide bonds. The molecule has 0 bridgehead atoms. The van der Waals surface area contributed by atoms with Gasteiger partial charge in [-0.1, -0.05) is 26.3 Å². The molecule has 6 heteroatoms. The largest absolute Gasteiger partial charge is 0.468 e. The molecule has 0 heterocycles. The van der Waals surface area contributed by atoms with Gasteiger partial charge in [0.25, 0.3) is 0 Å². The van der Waals surface area contributed by atoms with Crippen molar-refractivity contribution in [2.24, 2.45) is 23.2 Å². The third kappa shape index (κ3) is 7.11. The third-order valence-corrected chi connectivity index (χ3v) is 9.62. The van der Waals surface area contributed by atoms with Crippen molar-refractivity contribution in [2.45, 2.75) is 83.7 Å².